The molecule has 1 heterocycles. The number of hydrogen-bond acceptors (Lipinski definition) is 5. The van der Waals surface area contributed by atoms with E-state index in [1.807, 2.05) is 49.4 Å². The van der Waals surface area contributed by atoms with Crippen molar-refractivity contribution < 1.29 is 4.74 Å². The van der Waals surface area contributed by atoms with E-state index < -0.39 is 0 Å². The summed E-state index contributed by atoms with van der Waals surface area (Å²) in [5, 5.41) is 13.3. The summed E-state index contributed by atoms with van der Waals surface area (Å²) < 4.78 is 7.12. The first-order chi connectivity index (χ1) is 11.8. The molecule has 0 fully saturated rings. The van der Waals surface area contributed by atoms with Crippen molar-refractivity contribution >= 4 is 18.0 Å². The molecule has 3 rings (SSSR count). The zero-order chi connectivity index (χ0) is 16.6. The number of nitrogens with zero attached hydrogens (tertiary/aromatic N) is 4. The number of rotatable bonds is 7. The minimum Gasteiger partial charge on any atom is -0.494 e. The quantitative estimate of drug-likeness (QED) is 0.485. The van der Waals surface area contributed by atoms with Crippen LogP contribution in [0.1, 0.15) is 18.1 Å². The first-order valence-electron chi connectivity index (χ1n) is 7.69. The third kappa shape index (κ3) is 4.45. The Bertz CT molecular complexity index is 784. The summed E-state index contributed by atoms with van der Waals surface area (Å²) in [6.07, 6.45) is 3.39. The molecule has 0 aliphatic rings. The molecule has 3 aromatic rings. The van der Waals surface area contributed by atoms with Crippen LogP contribution in [-0.4, -0.2) is 27.7 Å². The number of aromatic nitrogens is 3. The second-order valence-electron chi connectivity index (χ2n) is 4.98. The Kier molecular flexibility index (Phi) is 5.63. The molecule has 6 heteroatoms. The molecule has 0 saturated heterocycles. The fourth-order valence-electron chi connectivity index (χ4n) is 2.06. The van der Waals surface area contributed by atoms with Crippen molar-refractivity contribution in [2.24, 2.45) is 5.10 Å². The molecule has 5 nitrogen and oxygen atoms in total. The van der Waals surface area contributed by atoms with Crippen LogP contribution < -0.4 is 4.74 Å². The third-order valence-electron chi connectivity index (χ3n) is 3.23. The maximum Gasteiger partial charge on any atom is 0.212 e. The first kappa shape index (κ1) is 16.3. The van der Waals surface area contributed by atoms with Crippen molar-refractivity contribution in [2.75, 3.05) is 6.61 Å². The summed E-state index contributed by atoms with van der Waals surface area (Å²) >= 11 is 1.61. The molecule has 24 heavy (non-hydrogen) atoms. The molecular formula is C18H18N4OS. The zero-order valence-corrected chi connectivity index (χ0v) is 14.2. The van der Waals surface area contributed by atoms with Crippen LogP contribution in [0.3, 0.4) is 0 Å². The Hall–Kier alpha value is -2.60. The molecule has 122 valence electrons. The normalized spacial score (nSPS) is 11.0. The number of benzene rings is 2. The average molecular weight is 338 g/mol. The molecule has 0 bridgehead atoms. The second kappa shape index (κ2) is 8.31. The van der Waals surface area contributed by atoms with Crippen molar-refractivity contribution in [1.29, 1.82) is 0 Å². The van der Waals surface area contributed by atoms with Crippen LogP contribution in [0.5, 0.6) is 5.75 Å². The predicted molar refractivity (Wildman–Crippen MR) is 96.6 cm³/mol. The molecule has 0 spiro atoms. The van der Waals surface area contributed by atoms with Gasteiger partial charge in [0.15, 0.2) is 0 Å². The summed E-state index contributed by atoms with van der Waals surface area (Å²) in [7, 11) is 0. The highest BCUT2D eigenvalue weighted by Gasteiger charge is 2.04. The van der Waals surface area contributed by atoms with Crippen molar-refractivity contribution in [3.63, 3.8) is 0 Å². The van der Waals surface area contributed by atoms with Crippen LogP contribution in [0.2, 0.25) is 0 Å². The highest BCUT2D eigenvalue weighted by Crippen LogP contribution is 2.20. The van der Waals surface area contributed by atoms with E-state index in [0.29, 0.717) is 6.61 Å². The van der Waals surface area contributed by atoms with Gasteiger partial charge in [-0.05, 0) is 42.3 Å². The first-order valence-corrected chi connectivity index (χ1v) is 8.67. The lowest BCUT2D eigenvalue weighted by molar-refractivity contribution is 0.340. The van der Waals surface area contributed by atoms with Gasteiger partial charge in [0.2, 0.25) is 5.16 Å². The van der Waals surface area contributed by atoms with E-state index >= 15 is 0 Å². The van der Waals surface area contributed by atoms with Gasteiger partial charge in [-0.15, -0.1) is 10.2 Å². The maximum atomic E-state index is 5.43. The van der Waals surface area contributed by atoms with E-state index in [1.165, 1.54) is 5.56 Å². The van der Waals surface area contributed by atoms with Crippen LogP contribution in [0, 0.1) is 0 Å². The summed E-state index contributed by atoms with van der Waals surface area (Å²) in [5.74, 6) is 1.69. The van der Waals surface area contributed by atoms with Crippen molar-refractivity contribution in [3.8, 4) is 5.75 Å². The Morgan fingerprint density at radius 2 is 1.92 bits per heavy atom. The fraction of sp³-hybridized carbons (Fsp3) is 0.167. The fourth-order valence-corrected chi connectivity index (χ4v) is 2.88. The molecular weight excluding hydrogens is 320 g/mol. The van der Waals surface area contributed by atoms with Gasteiger partial charge in [0.05, 0.1) is 12.8 Å². The van der Waals surface area contributed by atoms with Gasteiger partial charge < -0.3 is 4.74 Å². The summed E-state index contributed by atoms with van der Waals surface area (Å²) in [5.41, 5.74) is 2.23. The number of thioether (sulfide) groups is 1. The van der Waals surface area contributed by atoms with Crippen LogP contribution in [-0.2, 0) is 5.75 Å². The van der Waals surface area contributed by atoms with E-state index in [9.17, 15) is 0 Å². The lowest BCUT2D eigenvalue weighted by Crippen LogP contribution is -1.94. The average Bonchev–Trinajstić information content (AvgIpc) is 3.08. The third-order valence-corrected chi connectivity index (χ3v) is 4.24. The molecule has 0 amide bonds. The van der Waals surface area contributed by atoms with Crippen LogP contribution >= 0.6 is 11.8 Å². The topological polar surface area (TPSA) is 52.3 Å². The number of hydrogen-bond donors (Lipinski definition) is 0. The highest BCUT2D eigenvalue weighted by atomic mass is 32.2. The van der Waals surface area contributed by atoms with Crippen molar-refractivity contribution in [3.05, 3.63) is 72.1 Å². The molecule has 0 saturated carbocycles. The van der Waals surface area contributed by atoms with E-state index in [1.54, 1.807) is 29.0 Å². The Labute approximate surface area is 145 Å². The van der Waals surface area contributed by atoms with E-state index in [-0.39, 0.29) is 0 Å². The molecule has 2 aromatic carbocycles. The van der Waals surface area contributed by atoms with E-state index in [4.69, 9.17) is 4.74 Å². The molecule has 1 aromatic heterocycles. The molecule has 0 radical (unpaired) electrons. The van der Waals surface area contributed by atoms with Gasteiger partial charge in [-0.1, -0.05) is 42.1 Å². The van der Waals surface area contributed by atoms with Gasteiger partial charge in [-0.3, -0.25) is 0 Å². The molecule has 0 aliphatic heterocycles. The van der Waals surface area contributed by atoms with Gasteiger partial charge in [-0.2, -0.15) is 9.78 Å². The van der Waals surface area contributed by atoms with Gasteiger partial charge in [-0.25, -0.2) is 0 Å². The second-order valence-corrected chi connectivity index (χ2v) is 5.92. The Morgan fingerprint density at radius 3 is 2.67 bits per heavy atom. The minimum absolute atomic E-state index is 0.663. The van der Waals surface area contributed by atoms with Crippen LogP contribution in [0.15, 0.2) is 71.2 Å². The lowest BCUT2D eigenvalue weighted by Gasteiger charge is -2.03. The Balaban J connectivity index is 1.64. The van der Waals surface area contributed by atoms with Gasteiger partial charge in [0.1, 0.15) is 12.1 Å². The van der Waals surface area contributed by atoms with Crippen LogP contribution in [0.4, 0.5) is 0 Å². The predicted octanol–water partition coefficient (Wildman–Crippen LogP) is 3.85. The molecule has 0 unspecified atom stereocenters. The highest BCUT2D eigenvalue weighted by molar-refractivity contribution is 7.98. The van der Waals surface area contributed by atoms with E-state index in [2.05, 4.69) is 27.4 Å². The smallest absolute Gasteiger partial charge is 0.212 e. The Morgan fingerprint density at radius 1 is 1.12 bits per heavy atom. The summed E-state index contributed by atoms with van der Waals surface area (Å²) in [6, 6.07) is 18.1. The van der Waals surface area contributed by atoms with Crippen LogP contribution in [0.25, 0.3) is 0 Å². The largest absolute Gasteiger partial charge is 0.494 e. The zero-order valence-electron chi connectivity index (χ0n) is 13.4. The lowest BCUT2D eigenvalue weighted by atomic mass is 10.2. The van der Waals surface area contributed by atoms with Gasteiger partial charge in [0.25, 0.3) is 0 Å². The van der Waals surface area contributed by atoms with Gasteiger partial charge >= 0.3 is 0 Å². The minimum atomic E-state index is 0.663. The molecule has 0 N–H and O–H groups in total. The maximum absolute atomic E-state index is 5.43. The standard InChI is InChI=1S/C18H18N4OS/c1-2-23-17-10-8-15(9-11-17)12-20-22-14-19-21-18(22)24-13-16-6-4-3-5-7-16/h3-12,14H,2,13H2,1H3/b20-12-. The van der Waals surface area contributed by atoms with Gasteiger partial charge in [0, 0.05) is 5.75 Å². The molecule has 0 atom stereocenters. The summed E-state index contributed by atoms with van der Waals surface area (Å²) in [6.45, 7) is 2.63. The summed E-state index contributed by atoms with van der Waals surface area (Å²) in [4.78, 5) is 0. The van der Waals surface area contributed by atoms with Crippen molar-refractivity contribution in [2.45, 2.75) is 17.8 Å². The van der Waals surface area contributed by atoms with E-state index in [0.717, 1.165) is 22.2 Å². The molecule has 0 aliphatic carbocycles. The van der Waals surface area contributed by atoms with Crippen molar-refractivity contribution in [1.82, 2.24) is 14.9 Å². The SMILES string of the molecule is CCOc1ccc(/C=N\n2cnnc2SCc2ccccc2)cc1. The number of ether oxygens (including phenoxy) is 1. The monoisotopic (exact) mass is 338 g/mol.